The van der Waals surface area contributed by atoms with Gasteiger partial charge in [0.2, 0.25) is 5.91 Å². The Balaban J connectivity index is 1.54. The van der Waals surface area contributed by atoms with Gasteiger partial charge in [-0.3, -0.25) is 4.79 Å². The van der Waals surface area contributed by atoms with Gasteiger partial charge in [-0.2, -0.15) is 0 Å². The largest absolute Gasteiger partial charge is 0.330 e. The van der Waals surface area contributed by atoms with Crippen LogP contribution in [-0.2, 0) is 4.79 Å². The van der Waals surface area contributed by atoms with Crippen LogP contribution in [0.3, 0.4) is 0 Å². The van der Waals surface area contributed by atoms with Gasteiger partial charge in [0.25, 0.3) is 0 Å². The second-order valence-electron chi connectivity index (χ2n) is 10.3. The fourth-order valence-corrected chi connectivity index (χ4v) is 7.70. The maximum atomic E-state index is 13.2. The average Bonchev–Trinajstić information content (AvgIpc) is 2.55. The van der Waals surface area contributed by atoms with Crippen LogP contribution < -0.4 is 0 Å². The fourth-order valence-electron chi connectivity index (χ4n) is 7.28. The average molecular weight is 392 g/mol. The number of carbonyl (C=O) groups excluding carboxylic acids is 1. The van der Waals surface area contributed by atoms with E-state index in [-0.39, 0.29) is 6.04 Å². The molecule has 0 N–H and O–H groups in total. The van der Waals surface area contributed by atoms with Crippen LogP contribution in [0.25, 0.3) is 0 Å². The number of carbonyl (C=O) groups is 1. The van der Waals surface area contributed by atoms with E-state index in [2.05, 4.69) is 31.7 Å². The van der Waals surface area contributed by atoms with E-state index in [9.17, 15) is 4.79 Å². The van der Waals surface area contributed by atoms with E-state index >= 15 is 0 Å². The summed E-state index contributed by atoms with van der Waals surface area (Å²) >= 11 is 12.9. The number of nitrogens with zero attached hydrogens (tertiary/aromatic N) is 1. The molecule has 5 fully saturated rings. The molecule has 3 atom stereocenters. The highest BCUT2D eigenvalue weighted by Gasteiger charge is 2.63. The first-order valence-corrected chi connectivity index (χ1v) is 10.7. The van der Waals surface area contributed by atoms with Gasteiger partial charge in [0.1, 0.15) is 0 Å². The summed E-state index contributed by atoms with van der Waals surface area (Å²) < 4.78 is 0. The zero-order valence-corrected chi connectivity index (χ0v) is 17.3. The minimum atomic E-state index is -0.410. The fraction of sp³-hybridized carbons (Fsp3) is 0.682. The number of β-lactam (4-membered cyclic amide) rings is 1. The molecule has 5 aliphatic rings. The molecule has 4 heteroatoms. The highest BCUT2D eigenvalue weighted by molar-refractivity contribution is 6.42. The van der Waals surface area contributed by atoms with Crippen molar-refractivity contribution in [3.63, 3.8) is 0 Å². The van der Waals surface area contributed by atoms with Gasteiger partial charge in [-0.05, 0) is 80.8 Å². The Bertz CT molecular complexity index is 772. The lowest BCUT2D eigenvalue weighted by atomic mass is 9.47. The first-order chi connectivity index (χ1) is 12.2. The molecule has 3 unspecified atom stereocenters. The summed E-state index contributed by atoms with van der Waals surface area (Å²) in [5, 5.41) is 1.19. The van der Waals surface area contributed by atoms with Gasteiger partial charge in [0.15, 0.2) is 0 Å². The number of likely N-dealkylation sites (tertiary alicyclic amines) is 1. The van der Waals surface area contributed by atoms with Crippen molar-refractivity contribution in [3.05, 3.63) is 33.8 Å². The molecule has 1 aliphatic heterocycles. The smallest absolute Gasteiger partial charge is 0.231 e. The molecule has 0 radical (unpaired) electrons. The summed E-state index contributed by atoms with van der Waals surface area (Å²) in [6.07, 6.45) is 6.57. The van der Waals surface area contributed by atoms with Crippen molar-refractivity contribution >= 4 is 29.1 Å². The molecule has 1 aromatic carbocycles. The van der Waals surface area contributed by atoms with E-state index in [4.69, 9.17) is 23.2 Å². The van der Waals surface area contributed by atoms with E-state index in [0.717, 1.165) is 11.5 Å². The number of halogens is 2. The molecule has 4 aliphatic carbocycles. The van der Waals surface area contributed by atoms with E-state index in [1.54, 1.807) is 0 Å². The topological polar surface area (TPSA) is 20.3 Å². The number of hydrogen-bond acceptors (Lipinski definition) is 1. The minimum absolute atomic E-state index is 0.0385. The van der Waals surface area contributed by atoms with Crippen LogP contribution in [0.5, 0.6) is 0 Å². The molecule has 140 valence electrons. The van der Waals surface area contributed by atoms with Crippen LogP contribution in [0.4, 0.5) is 0 Å². The number of amides is 1. The number of rotatable bonds is 2. The summed E-state index contributed by atoms with van der Waals surface area (Å²) in [5.74, 6) is 2.49. The molecule has 0 spiro atoms. The summed E-state index contributed by atoms with van der Waals surface area (Å²) in [6.45, 7) is 6.60. The van der Waals surface area contributed by atoms with Crippen LogP contribution >= 0.6 is 23.2 Å². The Morgan fingerprint density at radius 1 is 1.04 bits per heavy atom. The molecular weight excluding hydrogens is 365 g/mol. The third kappa shape index (κ3) is 2.21. The SMILES string of the molecule is CC1(C)C(=O)N([C@H]2C3CC4CC2C[C@@](C)(C4)C3)C1c1cccc(Cl)c1Cl. The normalized spacial score (nSPS) is 42.9. The van der Waals surface area contributed by atoms with Crippen LogP contribution in [-0.4, -0.2) is 16.8 Å². The van der Waals surface area contributed by atoms with Crippen molar-refractivity contribution in [2.24, 2.45) is 28.6 Å². The van der Waals surface area contributed by atoms with Gasteiger partial charge in [0, 0.05) is 6.04 Å². The summed E-state index contributed by atoms with van der Waals surface area (Å²) in [7, 11) is 0. The van der Waals surface area contributed by atoms with Crippen LogP contribution in [0.2, 0.25) is 10.0 Å². The van der Waals surface area contributed by atoms with Crippen molar-refractivity contribution in [1.82, 2.24) is 4.90 Å². The molecular formula is C22H27Cl2NO. The monoisotopic (exact) mass is 391 g/mol. The van der Waals surface area contributed by atoms with E-state index < -0.39 is 5.41 Å². The molecule has 0 aromatic heterocycles. The Hall–Kier alpha value is -0.730. The second kappa shape index (κ2) is 5.41. The van der Waals surface area contributed by atoms with Crippen LogP contribution in [0.15, 0.2) is 18.2 Å². The Morgan fingerprint density at radius 3 is 2.31 bits per heavy atom. The zero-order valence-electron chi connectivity index (χ0n) is 15.8. The minimum Gasteiger partial charge on any atom is -0.330 e. The molecule has 1 saturated heterocycles. The van der Waals surface area contributed by atoms with Gasteiger partial charge >= 0.3 is 0 Å². The number of hydrogen-bond donors (Lipinski definition) is 0. The molecule has 26 heavy (non-hydrogen) atoms. The maximum absolute atomic E-state index is 13.2. The lowest BCUT2D eigenvalue weighted by molar-refractivity contribution is -0.197. The summed E-state index contributed by atoms with van der Waals surface area (Å²) in [4.78, 5) is 15.4. The van der Waals surface area contributed by atoms with Crippen molar-refractivity contribution < 1.29 is 4.79 Å². The Labute approximate surface area is 166 Å². The van der Waals surface area contributed by atoms with E-state index in [1.165, 1.54) is 32.1 Å². The van der Waals surface area contributed by atoms with E-state index in [1.807, 2.05) is 12.1 Å². The maximum Gasteiger partial charge on any atom is 0.231 e. The molecule has 4 saturated carbocycles. The molecule has 1 aromatic rings. The highest BCUT2D eigenvalue weighted by Crippen LogP contribution is 2.64. The lowest BCUT2D eigenvalue weighted by Gasteiger charge is -2.66. The van der Waals surface area contributed by atoms with Crippen molar-refractivity contribution in [3.8, 4) is 0 Å². The Kier molecular flexibility index (Phi) is 3.62. The Morgan fingerprint density at radius 2 is 1.69 bits per heavy atom. The van der Waals surface area contributed by atoms with Crippen molar-refractivity contribution in [2.75, 3.05) is 0 Å². The van der Waals surface area contributed by atoms with Gasteiger partial charge in [-0.1, -0.05) is 42.3 Å². The highest BCUT2D eigenvalue weighted by atomic mass is 35.5. The van der Waals surface area contributed by atoms with Crippen molar-refractivity contribution in [1.29, 1.82) is 0 Å². The van der Waals surface area contributed by atoms with Crippen LogP contribution in [0, 0.1) is 28.6 Å². The molecule has 6 rings (SSSR count). The lowest BCUT2D eigenvalue weighted by Crippen LogP contribution is -2.70. The quantitative estimate of drug-likeness (QED) is 0.556. The first kappa shape index (κ1) is 17.4. The first-order valence-electron chi connectivity index (χ1n) is 9.98. The van der Waals surface area contributed by atoms with E-state index in [0.29, 0.717) is 39.2 Å². The molecule has 4 bridgehead atoms. The molecule has 1 heterocycles. The predicted octanol–water partition coefficient (Wildman–Crippen LogP) is 6.12. The second-order valence-corrected chi connectivity index (χ2v) is 11.0. The third-order valence-corrected chi connectivity index (χ3v) is 8.71. The van der Waals surface area contributed by atoms with Gasteiger partial charge < -0.3 is 4.90 Å². The molecule has 1 amide bonds. The summed E-state index contributed by atoms with van der Waals surface area (Å²) in [6, 6.07) is 6.27. The number of benzene rings is 1. The van der Waals surface area contributed by atoms with Gasteiger partial charge in [-0.25, -0.2) is 0 Å². The van der Waals surface area contributed by atoms with Crippen molar-refractivity contribution in [2.45, 2.75) is 65.0 Å². The van der Waals surface area contributed by atoms with Gasteiger partial charge in [-0.15, -0.1) is 0 Å². The van der Waals surface area contributed by atoms with Gasteiger partial charge in [0.05, 0.1) is 21.5 Å². The zero-order chi connectivity index (χ0) is 18.4. The standard InChI is InChI=1S/C22H27Cl2NO/c1-21(2)19(15-5-4-6-16(23)17(15)24)25(20(21)26)18-13-7-12-8-14(18)11-22(3,9-12)10-13/h4-6,12-14,18-19H,7-11H2,1-3H3/t12?,13?,14?,18-,19?,22-. The van der Waals surface area contributed by atoms with Crippen LogP contribution in [0.1, 0.15) is 64.5 Å². The summed E-state index contributed by atoms with van der Waals surface area (Å²) in [5.41, 5.74) is 1.12. The molecule has 2 nitrogen and oxygen atoms in total. The third-order valence-electron chi connectivity index (χ3n) is 7.87. The predicted molar refractivity (Wildman–Crippen MR) is 105 cm³/mol.